The highest BCUT2D eigenvalue weighted by Gasteiger charge is 2.34. The Kier molecular flexibility index (Phi) is 11.3. The number of nitrogens with one attached hydrogen (secondary N) is 1. The largest absolute Gasteiger partial charge is 0.495 e. The van der Waals surface area contributed by atoms with Gasteiger partial charge in [-0.25, -0.2) is 8.42 Å². The summed E-state index contributed by atoms with van der Waals surface area (Å²) in [5.74, 6) is -0.593. The van der Waals surface area contributed by atoms with Crippen molar-refractivity contribution in [2.75, 3.05) is 24.5 Å². The smallest absolute Gasteiger partial charge is 0.264 e. The van der Waals surface area contributed by atoms with Gasteiger partial charge in [0.2, 0.25) is 11.8 Å². The average molecular weight is 655 g/mol. The summed E-state index contributed by atoms with van der Waals surface area (Å²) in [7, 11) is -2.79. The third-order valence-corrected chi connectivity index (χ3v) is 9.26. The minimum atomic E-state index is -4.24. The lowest BCUT2D eigenvalue weighted by molar-refractivity contribution is -0.140. The van der Waals surface area contributed by atoms with Crippen molar-refractivity contribution in [1.29, 1.82) is 0 Å². The Bertz CT molecular complexity index is 1670. The molecule has 8 nitrogen and oxygen atoms in total. The number of ether oxygens (including phenoxy) is 1. The van der Waals surface area contributed by atoms with E-state index in [2.05, 4.69) is 5.32 Å². The summed E-state index contributed by atoms with van der Waals surface area (Å²) in [5.41, 5.74) is 1.72. The van der Waals surface area contributed by atoms with E-state index in [4.69, 9.17) is 27.9 Å². The number of benzene rings is 4. The molecule has 0 heterocycles. The molecule has 0 aromatic heterocycles. The van der Waals surface area contributed by atoms with E-state index in [1.807, 2.05) is 30.3 Å². The van der Waals surface area contributed by atoms with Gasteiger partial charge in [-0.3, -0.25) is 13.9 Å². The predicted octanol–water partition coefficient (Wildman–Crippen LogP) is 5.97. The van der Waals surface area contributed by atoms with Gasteiger partial charge in [-0.1, -0.05) is 83.9 Å². The van der Waals surface area contributed by atoms with Crippen molar-refractivity contribution in [2.24, 2.45) is 0 Å². The molecule has 0 bridgehead atoms. The van der Waals surface area contributed by atoms with Gasteiger partial charge in [-0.15, -0.1) is 0 Å². The molecule has 0 saturated carbocycles. The topological polar surface area (TPSA) is 96.0 Å². The van der Waals surface area contributed by atoms with Gasteiger partial charge in [0.25, 0.3) is 10.0 Å². The molecule has 4 aromatic rings. The van der Waals surface area contributed by atoms with Crippen LogP contribution in [0.2, 0.25) is 10.0 Å². The van der Waals surface area contributed by atoms with Crippen LogP contribution in [0.15, 0.2) is 108 Å². The first kappa shape index (κ1) is 32.9. The monoisotopic (exact) mass is 653 g/mol. The molecule has 230 valence electrons. The molecule has 1 N–H and O–H groups in total. The summed E-state index contributed by atoms with van der Waals surface area (Å²) in [6.07, 6.45) is 0.214. The van der Waals surface area contributed by atoms with Crippen molar-refractivity contribution >= 4 is 50.7 Å². The molecule has 4 rings (SSSR count). The summed E-state index contributed by atoms with van der Waals surface area (Å²) < 4.78 is 34.3. The summed E-state index contributed by atoms with van der Waals surface area (Å²) >= 11 is 12.5. The van der Waals surface area contributed by atoms with E-state index in [1.54, 1.807) is 49.4 Å². The Labute approximate surface area is 268 Å². The summed E-state index contributed by atoms with van der Waals surface area (Å²) in [4.78, 5) is 29.3. The van der Waals surface area contributed by atoms with Crippen molar-refractivity contribution in [3.63, 3.8) is 0 Å². The normalized spacial score (nSPS) is 11.8. The molecule has 11 heteroatoms. The lowest BCUT2D eigenvalue weighted by atomic mass is 10.0. The first-order chi connectivity index (χ1) is 21.1. The molecule has 1 atom stereocenters. The number of carbonyl (C=O) groups is 2. The molecule has 44 heavy (non-hydrogen) atoms. The zero-order chi connectivity index (χ0) is 31.7. The summed E-state index contributed by atoms with van der Waals surface area (Å²) in [6.45, 7) is 1.59. The fourth-order valence-electron chi connectivity index (χ4n) is 4.69. The lowest BCUT2D eigenvalue weighted by Crippen LogP contribution is -2.53. The van der Waals surface area contributed by atoms with Crippen LogP contribution in [0.25, 0.3) is 0 Å². The van der Waals surface area contributed by atoms with Gasteiger partial charge < -0.3 is 15.0 Å². The van der Waals surface area contributed by atoms with Gasteiger partial charge in [-0.2, -0.15) is 0 Å². The van der Waals surface area contributed by atoms with E-state index < -0.39 is 28.5 Å². The van der Waals surface area contributed by atoms with Crippen LogP contribution in [0.5, 0.6) is 5.75 Å². The standard InChI is InChI=1S/C33H33Cl2N3O5S/c1-3-36-33(40)30(20-24-10-6-4-7-11-24)37(22-25-14-16-26(34)17-15-25)32(39)23-38(27-18-19-31(43-2)29(35)21-27)44(41,42)28-12-8-5-9-13-28/h4-19,21,30H,3,20,22-23H2,1-2H3,(H,36,40)/t30-/m1/s1. The van der Waals surface area contributed by atoms with Gasteiger partial charge in [0, 0.05) is 24.5 Å². The van der Waals surface area contributed by atoms with Crippen molar-refractivity contribution in [2.45, 2.75) is 30.8 Å². The van der Waals surface area contributed by atoms with Crippen LogP contribution in [0.1, 0.15) is 18.1 Å². The molecular weight excluding hydrogens is 621 g/mol. The molecule has 0 aliphatic rings. The number of methoxy groups -OCH3 is 1. The number of nitrogens with zero attached hydrogens (tertiary/aromatic N) is 2. The molecule has 0 aliphatic carbocycles. The van der Waals surface area contributed by atoms with Crippen molar-refractivity contribution in [1.82, 2.24) is 10.2 Å². The highest BCUT2D eigenvalue weighted by Crippen LogP contribution is 2.32. The molecule has 0 spiro atoms. The fourth-order valence-corrected chi connectivity index (χ4v) is 6.50. The molecule has 0 radical (unpaired) electrons. The van der Waals surface area contributed by atoms with Gasteiger partial charge in [0.1, 0.15) is 18.3 Å². The van der Waals surface area contributed by atoms with Crippen LogP contribution >= 0.6 is 23.2 Å². The van der Waals surface area contributed by atoms with E-state index in [9.17, 15) is 18.0 Å². The zero-order valence-corrected chi connectivity index (χ0v) is 26.6. The number of amides is 2. The average Bonchev–Trinajstić information content (AvgIpc) is 3.03. The molecule has 0 fully saturated rings. The van der Waals surface area contributed by atoms with E-state index in [-0.39, 0.29) is 34.5 Å². The second-order valence-corrected chi connectivity index (χ2v) is 12.6. The summed E-state index contributed by atoms with van der Waals surface area (Å²) in [5, 5.41) is 3.54. The maximum absolute atomic E-state index is 14.4. The first-order valence-corrected chi connectivity index (χ1v) is 16.1. The maximum Gasteiger partial charge on any atom is 0.264 e. The van der Waals surface area contributed by atoms with E-state index in [1.165, 1.54) is 42.3 Å². The number of carbonyl (C=O) groups excluding carboxylic acids is 2. The Morgan fingerprint density at radius 2 is 1.50 bits per heavy atom. The minimum Gasteiger partial charge on any atom is -0.495 e. The van der Waals surface area contributed by atoms with E-state index in [0.29, 0.717) is 17.3 Å². The number of anilines is 1. The Hall–Kier alpha value is -4.05. The first-order valence-electron chi connectivity index (χ1n) is 13.9. The molecule has 0 unspecified atom stereocenters. The number of halogens is 2. The van der Waals surface area contributed by atoms with Crippen LogP contribution in [0.4, 0.5) is 5.69 Å². The number of hydrogen-bond donors (Lipinski definition) is 1. The number of hydrogen-bond acceptors (Lipinski definition) is 5. The molecule has 0 aliphatic heterocycles. The number of likely N-dealkylation sites (N-methyl/N-ethyl adjacent to an activating group) is 1. The van der Waals surface area contributed by atoms with Crippen LogP contribution in [-0.4, -0.2) is 51.4 Å². The Morgan fingerprint density at radius 1 is 0.864 bits per heavy atom. The lowest BCUT2D eigenvalue weighted by Gasteiger charge is -2.34. The third kappa shape index (κ3) is 8.11. The molecular formula is C33H33Cl2N3O5S. The van der Waals surface area contributed by atoms with Gasteiger partial charge >= 0.3 is 0 Å². The van der Waals surface area contributed by atoms with Gasteiger partial charge in [-0.05, 0) is 60.5 Å². The van der Waals surface area contributed by atoms with Crippen LogP contribution < -0.4 is 14.4 Å². The quantitative estimate of drug-likeness (QED) is 0.192. The maximum atomic E-state index is 14.4. The van der Waals surface area contributed by atoms with E-state index >= 15 is 0 Å². The fraction of sp³-hybridized carbons (Fsp3) is 0.212. The summed E-state index contributed by atoms with van der Waals surface area (Å²) in [6, 6.07) is 27.6. The van der Waals surface area contributed by atoms with Gasteiger partial charge in [0.05, 0.1) is 22.7 Å². The predicted molar refractivity (Wildman–Crippen MR) is 174 cm³/mol. The third-order valence-electron chi connectivity index (χ3n) is 6.92. The number of rotatable bonds is 13. The number of sulfonamides is 1. The molecule has 2 amide bonds. The second-order valence-electron chi connectivity index (χ2n) is 9.89. The zero-order valence-electron chi connectivity index (χ0n) is 24.3. The second kappa shape index (κ2) is 15.1. The Balaban J connectivity index is 1.80. The van der Waals surface area contributed by atoms with Crippen molar-refractivity contribution in [3.8, 4) is 5.75 Å². The van der Waals surface area contributed by atoms with Crippen molar-refractivity contribution < 1.29 is 22.7 Å². The minimum absolute atomic E-state index is 0.00597. The molecule has 0 saturated heterocycles. The van der Waals surface area contributed by atoms with Gasteiger partial charge in [0.15, 0.2) is 0 Å². The molecule has 4 aromatic carbocycles. The van der Waals surface area contributed by atoms with Crippen LogP contribution in [0.3, 0.4) is 0 Å². The SMILES string of the molecule is CCNC(=O)[C@@H](Cc1ccccc1)N(Cc1ccc(Cl)cc1)C(=O)CN(c1ccc(OC)c(Cl)c1)S(=O)(=O)c1ccccc1. The van der Waals surface area contributed by atoms with E-state index in [0.717, 1.165) is 15.4 Å². The van der Waals surface area contributed by atoms with Crippen molar-refractivity contribution in [3.05, 3.63) is 124 Å². The highest BCUT2D eigenvalue weighted by molar-refractivity contribution is 7.92. The van der Waals surface area contributed by atoms with Crippen LogP contribution in [0, 0.1) is 0 Å². The Morgan fingerprint density at radius 3 is 2.09 bits per heavy atom. The van der Waals surface area contributed by atoms with Crippen LogP contribution in [-0.2, 0) is 32.6 Å². The highest BCUT2D eigenvalue weighted by atomic mass is 35.5.